The molecule has 2 unspecified atom stereocenters. The molecule has 0 aliphatic carbocycles. The summed E-state index contributed by atoms with van der Waals surface area (Å²) in [5, 5.41) is 6.28. The first-order valence-corrected chi connectivity index (χ1v) is 6.89. The smallest absolute Gasteiger partial charge is 0.229 e. The van der Waals surface area contributed by atoms with E-state index in [4.69, 9.17) is 4.74 Å². The second-order valence-corrected chi connectivity index (χ2v) is 5.06. The first-order valence-electron chi connectivity index (χ1n) is 6.89. The van der Waals surface area contributed by atoms with E-state index in [-0.39, 0.29) is 17.9 Å². The van der Waals surface area contributed by atoms with E-state index >= 15 is 0 Å². The van der Waals surface area contributed by atoms with Gasteiger partial charge < -0.3 is 15.4 Å². The van der Waals surface area contributed by atoms with Gasteiger partial charge in [-0.2, -0.15) is 0 Å². The molecule has 2 N–H and O–H groups in total. The number of aryl methyl sites for hydroxylation is 1. The van der Waals surface area contributed by atoms with Crippen LogP contribution in [0, 0.1) is 12.8 Å². The summed E-state index contributed by atoms with van der Waals surface area (Å²) >= 11 is 0. The van der Waals surface area contributed by atoms with E-state index in [1.54, 1.807) is 0 Å². The number of ether oxygens (including phenoxy) is 1. The third-order valence-electron chi connectivity index (χ3n) is 3.56. The van der Waals surface area contributed by atoms with E-state index in [1.165, 1.54) is 0 Å². The lowest BCUT2D eigenvalue weighted by Crippen LogP contribution is -2.32. The molecule has 1 aromatic carbocycles. The van der Waals surface area contributed by atoms with Gasteiger partial charge in [0.15, 0.2) is 0 Å². The molecule has 1 aliphatic rings. The molecule has 0 aromatic heterocycles. The van der Waals surface area contributed by atoms with Crippen molar-refractivity contribution in [2.24, 2.45) is 5.92 Å². The molecule has 0 radical (unpaired) electrons. The third-order valence-corrected chi connectivity index (χ3v) is 3.56. The number of rotatable bonds is 4. The van der Waals surface area contributed by atoms with E-state index in [1.807, 2.05) is 32.0 Å². The van der Waals surface area contributed by atoms with Gasteiger partial charge in [0.05, 0.1) is 18.2 Å². The van der Waals surface area contributed by atoms with Crippen LogP contribution in [0.2, 0.25) is 0 Å². The zero-order chi connectivity index (χ0) is 13.8. The topological polar surface area (TPSA) is 50.4 Å². The highest BCUT2D eigenvalue weighted by molar-refractivity contribution is 5.94. The SMILES string of the molecule is CCOc1cc(C)ccc1NC(=O)C1CCNC1C. The van der Waals surface area contributed by atoms with E-state index < -0.39 is 0 Å². The molecule has 1 heterocycles. The summed E-state index contributed by atoms with van der Waals surface area (Å²) in [4.78, 5) is 12.3. The standard InChI is InChI=1S/C15H22N2O2/c1-4-19-14-9-10(2)5-6-13(14)17-15(18)12-7-8-16-11(12)3/h5-6,9,11-12,16H,4,7-8H2,1-3H3,(H,17,18). The van der Waals surface area contributed by atoms with Crippen molar-refractivity contribution in [1.82, 2.24) is 5.32 Å². The van der Waals surface area contributed by atoms with Gasteiger partial charge in [0.25, 0.3) is 0 Å². The third kappa shape index (κ3) is 3.26. The Kier molecular flexibility index (Phi) is 4.43. The van der Waals surface area contributed by atoms with Crippen LogP contribution in [0.15, 0.2) is 18.2 Å². The van der Waals surface area contributed by atoms with Gasteiger partial charge in [0.1, 0.15) is 5.75 Å². The number of nitrogens with one attached hydrogen (secondary N) is 2. The van der Waals surface area contributed by atoms with Crippen molar-refractivity contribution < 1.29 is 9.53 Å². The molecule has 1 saturated heterocycles. The maximum atomic E-state index is 12.3. The molecule has 0 spiro atoms. The van der Waals surface area contributed by atoms with E-state index in [0.717, 1.165) is 30.0 Å². The molecular formula is C15H22N2O2. The molecule has 4 heteroatoms. The fourth-order valence-corrected chi connectivity index (χ4v) is 2.45. The molecule has 2 rings (SSSR count). The summed E-state index contributed by atoms with van der Waals surface area (Å²) < 4.78 is 5.58. The Bertz CT molecular complexity index is 459. The molecule has 1 aromatic rings. The van der Waals surface area contributed by atoms with Crippen molar-refractivity contribution in [3.63, 3.8) is 0 Å². The maximum Gasteiger partial charge on any atom is 0.229 e. The van der Waals surface area contributed by atoms with Gasteiger partial charge in [-0.05, 0) is 51.4 Å². The molecule has 1 fully saturated rings. The Morgan fingerprint density at radius 3 is 2.95 bits per heavy atom. The van der Waals surface area contributed by atoms with Gasteiger partial charge in [-0.15, -0.1) is 0 Å². The summed E-state index contributed by atoms with van der Waals surface area (Å²) in [5.41, 5.74) is 1.88. The maximum absolute atomic E-state index is 12.3. The van der Waals surface area contributed by atoms with Gasteiger partial charge >= 0.3 is 0 Å². The molecule has 1 amide bonds. The first-order chi connectivity index (χ1) is 9.11. The largest absolute Gasteiger partial charge is 0.492 e. The molecule has 19 heavy (non-hydrogen) atoms. The number of carbonyl (C=O) groups is 1. The Labute approximate surface area is 114 Å². The van der Waals surface area contributed by atoms with E-state index in [9.17, 15) is 4.79 Å². The predicted octanol–water partition coefficient (Wildman–Crippen LogP) is 2.33. The van der Waals surface area contributed by atoms with Gasteiger partial charge in [0, 0.05) is 6.04 Å². The predicted molar refractivity (Wildman–Crippen MR) is 76.5 cm³/mol. The highest BCUT2D eigenvalue weighted by Crippen LogP contribution is 2.27. The van der Waals surface area contributed by atoms with Crippen LogP contribution < -0.4 is 15.4 Å². The minimum Gasteiger partial charge on any atom is -0.492 e. The van der Waals surface area contributed by atoms with Gasteiger partial charge in [0.2, 0.25) is 5.91 Å². The molecular weight excluding hydrogens is 240 g/mol. The van der Waals surface area contributed by atoms with Crippen LogP contribution >= 0.6 is 0 Å². The van der Waals surface area contributed by atoms with Gasteiger partial charge in [-0.3, -0.25) is 4.79 Å². The summed E-state index contributed by atoms with van der Waals surface area (Å²) in [5.74, 6) is 0.854. The highest BCUT2D eigenvalue weighted by atomic mass is 16.5. The summed E-state index contributed by atoms with van der Waals surface area (Å²) in [6.45, 7) is 7.50. The van der Waals surface area contributed by atoms with Crippen molar-refractivity contribution in [3.8, 4) is 5.75 Å². The second kappa shape index (κ2) is 6.06. The van der Waals surface area contributed by atoms with E-state index in [0.29, 0.717) is 6.61 Å². The quantitative estimate of drug-likeness (QED) is 0.875. The van der Waals surface area contributed by atoms with E-state index in [2.05, 4.69) is 17.6 Å². The summed E-state index contributed by atoms with van der Waals surface area (Å²) in [6, 6.07) is 6.08. The number of benzene rings is 1. The molecule has 0 bridgehead atoms. The van der Waals surface area contributed by atoms with Crippen molar-refractivity contribution in [2.75, 3.05) is 18.5 Å². The number of anilines is 1. The minimum atomic E-state index is 0.0378. The van der Waals surface area contributed by atoms with Crippen LogP contribution in [0.1, 0.15) is 25.8 Å². The Morgan fingerprint density at radius 2 is 2.32 bits per heavy atom. The number of carbonyl (C=O) groups excluding carboxylic acids is 1. The van der Waals surface area contributed by atoms with Crippen LogP contribution in [0.3, 0.4) is 0 Å². The average Bonchev–Trinajstić information content (AvgIpc) is 2.79. The summed E-state index contributed by atoms with van der Waals surface area (Å²) in [6.07, 6.45) is 0.892. The van der Waals surface area contributed by atoms with Crippen molar-refractivity contribution in [2.45, 2.75) is 33.2 Å². The lowest BCUT2D eigenvalue weighted by Gasteiger charge is -2.17. The molecule has 0 saturated carbocycles. The Morgan fingerprint density at radius 1 is 1.53 bits per heavy atom. The zero-order valence-electron chi connectivity index (χ0n) is 11.8. The minimum absolute atomic E-state index is 0.0378. The number of hydrogen-bond acceptors (Lipinski definition) is 3. The lowest BCUT2D eigenvalue weighted by molar-refractivity contribution is -0.120. The van der Waals surface area contributed by atoms with Crippen LogP contribution in [-0.2, 0) is 4.79 Å². The molecule has 2 atom stereocenters. The van der Waals surface area contributed by atoms with Crippen molar-refractivity contribution >= 4 is 11.6 Å². The average molecular weight is 262 g/mol. The monoisotopic (exact) mass is 262 g/mol. The van der Waals surface area contributed by atoms with Crippen molar-refractivity contribution in [3.05, 3.63) is 23.8 Å². The molecule has 4 nitrogen and oxygen atoms in total. The Hall–Kier alpha value is -1.55. The summed E-state index contributed by atoms with van der Waals surface area (Å²) in [7, 11) is 0. The van der Waals surface area contributed by atoms with Gasteiger partial charge in [-0.1, -0.05) is 6.07 Å². The van der Waals surface area contributed by atoms with Crippen LogP contribution in [0.5, 0.6) is 5.75 Å². The molecule has 1 aliphatic heterocycles. The van der Waals surface area contributed by atoms with Crippen LogP contribution in [-0.4, -0.2) is 25.1 Å². The lowest BCUT2D eigenvalue weighted by atomic mass is 10.0. The van der Waals surface area contributed by atoms with Crippen LogP contribution in [0.4, 0.5) is 5.69 Å². The highest BCUT2D eigenvalue weighted by Gasteiger charge is 2.29. The fraction of sp³-hybridized carbons (Fsp3) is 0.533. The molecule has 104 valence electrons. The van der Waals surface area contributed by atoms with Crippen molar-refractivity contribution in [1.29, 1.82) is 0 Å². The first kappa shape index (κ1) is 13.9. The fourth-order valence-electron chi connectivity index (χ4n) is 2.45. The normalized spacial score (nSPS) is 22.3. The number of hydrogen-bond donors (Lipinski definition) is 2. The second-order valence-electron chi connectivity index (χ2n) is 5.06. The van der Waals surface area contributed by atoms with Crippen LogP contribution in [0.25, 0.3) is 0 Å². The zero-order valence-corrected chi connectivity index (χ0v) is 11.8. The number of amides is 1. The Balaban J connectivity index is 2.11. The van der Waals surface area contributed by atoms with Gasteiger partial charge in [-0.25, -0.2) is 0 Å².